The van der Waals surface area contributed by atoms with E-state index in [0.29, 0.717) is 6.61 Å². The highest BCUT2D eigenvalue weighted by Crippen LogP contribution is 1.66. The van der Waals surface area contributed by atoms with Crippen LogP contribution in [0, 0.1) is 0 Å². The predicted octanol–water partition coefficient (Wildman–Crippen LogP) is 0.705. The fraction of sp³-hybridized carbons (Fsp3) is 0.500. The second-order valence-corrected chi connectivity index (χ2v) is 1.21. The summed E-state index contributed by atoms with van der Waals surface area (Å²) in [5.74, 6) is 0. The van der Waals surface area contributed by atoms with E-state index >= 15 is 0 Å². The van der Waals surface area contributed by atoms with Crippen LogP contribution < -0.4 is 5.73 Å². The molecule has 4 heteroatoms. The van der Waals surface area contributed by atoms with E-state index in [-0.39, 0.29) is 6.61 Å². The fourth-order valence-corrected chi connectivity index (χ4v) is 0.142. The van der Waals surface area contributed by atoms with Crippen LogP contribution in [0.25, 0.3) is 0 Å². The Morgan fingerprint density at radius 2 is 2.20 bits per heavy atom. The average Bonchev–Trinajstić information content (AvgIpc) is 1.89. The Balaban J connectivity index is 0. The Kier molecular flexibility index (Phi) is 12.7. The summed E-state index contributed by atoms with van der Waals surface area (Å²) < 4.78 is 4.18. The number of amides is 1. The SMILES string of the molecule is C=CC[O].CCOC(N)=O. The van der Waals surface area contributed by atoms with Crippen LogP contribution >= 0.6 is 0 Å². The highest BCUT2D eigenvalue weighted by atomic mass is 16.5. The van der Waals surface area contributed by atoms with Gasteiger partial charge in [-0.25, -0.2) is 9.90 Å². The zero-order valence-electron chi connectivity index (χ0n) is 6.00. The quantitative estimate of drug-likeness (QED) is 0.582. The minimum Gasteiger partial charge on any atom is -0.450 e. The number of carbonyl (C=O) groups is 1. The van der Waals surface area contributed by atoms with Gasteiger partial charge in [0.25, 0.3) is 0 Å². The van der Waals surface area contributed by atoms with Crippen molar-refractivity contribution in [1.82, 2.24) is 0 Å². The molecule has 0 bridgehead atoms. The molecule has 59 valence electrons. The van der Waals surface area contributed by atoms with Gasteiger partial charge in [0.05, 0.1) is 6.61 Å². The topological polar surface area (TPSA) is 72.2 Å². The molecular formula is C6H12NO3. The first-order valence-corrected chi connectivity index (χ1v) is 2.80. The second-order valence-electron chi connectivity index (χ2n) is 1.21. The van der Waals surface area contributed by atoms with Crippen LogP contribution in [0.5, 0.6) is 0 Å². The monoisotopic (exact) mass is 146 g/mol. The number of nitrogens with two attached hydrogens (primary N) is 1. The van der Waals surface area contributed by atoms with Gasteiger partial charge in [-0.05, 0) is 6.92 Å². The molecule has 0 saturated heterocycles. The van der Waals surface area contributed by atoms with Crippen molar-refractivity contribution in [2.24, 2.45) is 5.73 Å². The molecule has 0 aromatic carbocycles. The molecule has 10 heavy (non-hydrogen) atoms. The van der Waals surface area contributed by atoms with Crippen molar-refractivity contribution < 1.29 is 14.6 Å². The first-order chi connectivity index (χ1) is 4.68. The van der Waals surface area contributed by atoms with E-state index in [4.69, 9.17) is 0 Å². The van der Waals surface area contributed by atoms with Crippen molar-refractivity contribution in [1.29, 1.82) is 0 Å². The van der Waals surface area contributed by atoms with Gasteiger partial charge in [0, 0.05) is 0 Å². The third-order valence-corrected chi connectivity index (χ3v) is 0.404. The van der Waals surface area contributed by atoms with Crippen LogP contribution in [0.3, 0.4) is 0 Å². The molecule has 0 saturated carbocycles. The number of ether oxygens (including phenoxy) is 1. The zero-order valence-corrected chi connectivity index (χ0v) is 6.00. The summed E-state index contributed by atoms with van der Waals surface area (Å²) >= 11 is 0. The first-order valence-electron chi connectivity index (χ1n) is 2.80. The number of hydrogen-bond acceptors (Lipinski definition) is 2. The fourth-order valence-electron chi connectivity index (χ4n) is 0.142. The van der Waals surface area contributed by atoms with E-state index in [1.165, 1.54) is 6.08 Å². The van der Waals surface area contributed by atoms with Crippen molar-refractivity contribution in [3.05, 3.63) is 12.7 Å². The molecule has 0 spiro atoms. The molecule has 4 nitrogen and oxygen atoms in total. The van der Waals surface area contributed by atoms with Crippen molar-refractivity contribution in [3.63, 3.8) is 0 Å². The van der Waals surface area contributed by atoms with Crippen LogP contribution in [0.1, 0.15) is 6.92 Å². The Labute approximate surface area is 60.3 Å². The lowest BCUT2D eigenvalue weighted by atomic mass is 10.7. The van der Waals surface area contributed by atoms with Crippen LogP contribution in [-0.4, -0.2) is 19.3 Å². The second kappa shape index (κ2) is 10.9. The van der Waals surface area contributed by atoms with Gasteiger partial charge < -0.3 is 10.5 Å². The van der Waals surface area contributed by atoms with E-state index in [1.54, 1.807) is 6.92 Å². The molecule has 0 aliphatic heterocycles. The Bertz CT molecular complexity index is 93.0. The number of primary amides is 1. The van der Waals surface area contributed by atoms with Gasteiger partial charge >= 0.3 is 6.09 Å². The standard InChI is InChI=1S/C3H7NO2.C3H5O/c1-2-6-3(4)5;1-2-3-4/h2H2,1H3,(H2,4,5);2H,1,3H2. The third kappa shape index (κ3) is 28.2. The van der Waals surface area contributed by atoms with Crippen molar-refractivity contribution in [2.75, 3.05) is 13.2 Å². The molecule has 0 unspecified atom stereocenters. The van der Waals surface area contributed by atoms with Crippen LogP contribution in [0.2, 0.25) is 0 Å². The molecule has 0 atom stereocenters. The maximum Gasteiger partial charge on any atom is 0.404 e. The number of hydrogen-bond donors (Lipinski definition) is 1. The Morgan fingerprint density at radius 3 is 2.20 bits per heavy atom. The summed E-state index contributed by atoms with van der Waals surface area (Å²) in [7, 11) is 0. The molecule has 0 fully saturated rings. The van der Waals surface area contributed by atoms with Crippen molar-refractivity contribution >= 4 is 6.09 Å². The molecule has 0 aromatic heterocycles. The normalized spacial score (nSPS) is 7.00. The summed E-state index contributed by atoms with van der Waals surface area (Å²) in [6.45, 7) is 5.06. The number of rotatable bonds is 2. The summed E-state index contributed by atoms with van der Waals surface area (Å²) in [6, 6.07) is 0. The Morgan fingerprint density at radius 1 is 1.80 bits per heavy atom. The lowest BCUT2D eigenvalue weighted by molar-refractivity contribution is 0.163. The average molecular weight is 146 g/mol. The van der Waals surface area contributed by atoms with Gasteiger partial charge in [-0.15, -0.1) is 6.58 Å². The zero-order chi connectivity index (χ0) is 8.41. The van der Waals surface area contributed by atoms with Crippen LogP contribution in [0.4, 0.5) is 4.79 Å². The molecule has 0 aliphatic rings. The minimum absolute atomic E-state index is 0.167. The molecule has 2 N–H and O–H groups in total. The molecular weight excluding hydrogens is 134 g/mol. The molecule has 0 heterocycles. The van der Waals surface area contributed by atoms with Gasteiger partial charge in [0.2, 0.25) is 0 Å². The summed E-state index contributed by atoms with van der Waals surface area (Å²) in [6.07, 6.45) is 0.609. The van der Waals surface area contributed by atoms with E-state index in [0.717, 1.165) is 0 Å². The third-order valence-electron chi connectivity index (χ3n) is 0.404. The molecule has 1 radical (unpaired) electrons. The van der Waals surface area contributed by atoms with E-state index in [1.807, 2.05) is 0 Å². The lowest BCUT2D eigenvalue weighted by Crippen LogP contribution is -2.11. The van der Waals surface area contributed by atoms with Gasteiger partial charge in [-0.3, -0.25) is 0 Å². The van der Waals surface area contributed by atoms with Crippen molar-refractivity contribution in [2.45, 2.75) is 6.92 Å². The lowest BCUT2D eigenvalue weighted by Gasteiger charge is -1.89. The van der Waals surface area contributed by atoms with Crippen LogP contribution in [-0.2, 0) is 9.84 Å². The van der Waals surface area contributed by atoms with Crippen LogP contribution in [0.15, 0.2) is 12.7 Å². The highest BCUT2D eigenvalue weighted by molar-refractivity contribution is 5.64. The molecule has 0 aromatic rings. The van der Waals surface area contributed by atoms with E-state index < -0.39 is 6.09 Å². The largest absolute Gasteiger partial charge is 0.450 e. The highest BCUT2D eigenvalue weighted by Gasteiger charge is 1.82. The van der Waals surface area contributed by atoms with E-state index in [2.05, 4.69) is 17.0 Å². The molecule has 1 amide bonds. The summed E-state index contributed by atoms with van der Waals surface area (Å²) in [4.78, 5) is 9.60. The number of carbonyl (C=O) groups excluding carboxylic acids is 1. The molecule has 0 aliphatic carbocycles. The predicted molar refractivity (Wildman–Crippen MR) is 37.0 cm³/mol. The van der Waals surface area contributed by atoms with Crippen molar-refractivity contribution in [3.8, 4) is 0 Å². The summed E-state index contributed by atoms with van der Waals surface area (Å²) in [5.41, 5.74) is 4.54. The maximum atomic E-state index is 9.60. The van der Waals surface area contributed by atoms with Gasteiger partial charge in [0.15, 0.2) is 0 Å². The van der Waals surface area contributed by atoms with Gasteiger partial charge in [-0.2, -0.15) is 0 Å². The maximum absolute atomic E-state index is 9.60. The van der Waals surface area contributed by atoms with Gasteiger partial charge in [-0.1, -0.05) is 6.08 Å². The molecule has 0 rings (SSSR count). The minimum atomic E-state index is -0.711. The summed E-state index contributed by atoms with van der Waals surface area (Å²) in [5, 5.41) is 9.18. The first kappa shape index (κ1) is 11.7. The van der Waals surface area contributed by atoms with E-state index in [9.17, 15) is 9.90 Å². The van der Waals surface area contributed by atoms with Gasteiger partial charge in [0.1, 0.15) is 6.61 Å². The Hall–Kier alpha value is -1.03. The smallest absolute Gasteiger partial charge is 0.404 e.